The molecular formula is C10H11N5O2. The summed E-state index contributed by atoms with van der Waals surface area (Å²) in [4.78, 5) is 22.8. The molecule has 88 valence electrons. The van der Waals surface area contributed by atoms with Gasteiger partial charge in [-0.2, -0.15) is 10.2 Å². The third-order valence-corrected chi connectivity index (χ3v) is 2.19. The molecular weight excluding hydrogens is 222 g/mol. The van der Waals surface area contributed by atoms with Crippen molar-refractivity contribution in [2.45, 2.75) is 6.54 Å². The Labute approximate surface area is 96.5 Å². The number of rotatable bonds is 3. The standard InChI is InChI=1S/C10H11N5O2/c1-15-9(16)3-2-8(14-15)10(17)11-6-7-4-5-12-13-7/h2-5H,6H2,1H3,(H,11,17)(H,12,13). The van der Waals surface area contributed by atoms with Crippen LogP contribution in [0, 0.1) is 0 Å². The lowest BCUT2D eigenvalue weighted by Gasteiger charge is -2.03. The highest BCUT2D eigenvalue weighted by Crippen LogP contribution is 1.93. The molecule has 0 atom stereocenters. The first-order valence-corrected chi connectivity index (χ1v) is 4.97. The van der Waals surface area contributed by atoms with Crippen molar-refractivity contribution in [2.75, 3.05) is 0 Å². The van der Waals surface area contributed by atoms with E-state index in [0.717, 1.165) is 10.4 Å². The van der Waals surface area contributed by atoms with Crippen molar-refractivity contribution in [3.8, 4) is 0 Å². The van der Waals surface area contributed by atoms with Crippen LogP contribution in [0.25, 0.3) is 0 Å². The molecule has 17 heavy (non-hydrogen) atoms. The number of hydrogen-bond donors (Lipinski definition) is 2. The predicted octanol–water partition coefficient (Wildman–Crippen LogP) is -0.567. The van der Waals surface area contributed by atoms with Crippen LogP contribution in [0.5, 0.6) is 0 Å². The molecule has 2 rings (SSSR count). The van der Waals surface area contributed by atoms with Crippen molar-refractivity contribution in [3.63, 3.8) is 0 Å². The molecule has 0 aliphatic rings. The smallest absolute Gasteiger partial charge is 0.272 e. The maximum Gasteiger partial charge on any atom is 0.272 e. The molecule has 0 radical (unpaired) electrons. The Morgan fingerprint density at radius 3 is 2.94 bits per heavy atom. The van der Waals surface area contributed by atoms with E-state index in [4.69, 9.17) is 0 Å². The first-order valence-electron chi connectivity index (χ1n) is 4.97. The second-order valence-electron chi connectivity index (χ2n) is 3.44. The van der Waals surface area contributed by atoms with E-state index in [9.17, 15) is 9.59 Å². The maximum absolute atomic E-state index is 11.7. The summed E-state index contributed by atoms with van der Waals surface area (Å²) in [5, 5.41) is 13.0. The minimum absolute atomic E-state index is 0.201. The highest BCUT2D eigenvalue weighted by Gasteiger charge is 2.08. The number of nitrogens with zero attached hydrogens (tertiary/aromatic N) is 3. The zero-order valence-electron chi connectivity index (χ0n) is 9.17. The van der Waals surface area contributed by atoms with E-state index in [1.54, 1.807) is 12.3 Å². The summed E-state index contributed by atoms with van der Waals surface area (Å²) in [6, 6.07) is 4.46. The van der Waals surface area contributed by atoms with Gasteiger partial charge in [0.15, 0.2) is 0 Å². The van der Waals surface area contributed by atoms with Crippen LogP contribution in [0.15, 0.2) is 29.2 Å². The van der Waals surface area contributed by atoms with Crippen LogP contribution in [0.2, 0.25) is 0 Å². The Morgan fingerprint density at radius 1 is 1.47 bits per heavy atom. The Morgan fingerprint density at radius 2 is 2.29 bits per heavy atom. The number of nitrogens with one attached hydrogen (secondary N) is 2. The molecule has 0 aromatic carbocycles. The molecule has 0 fully saturated rings. The summed E-state index contributed by atoms with van der Waals surface area (Å²) in [5.74, 6) is -0.338. The van der Waals surface area contributed by atoms with Gasteiger partial charge in [-0.25, -0.2) is 4.68 Å². The van der Waals surface area contributed by atoms with Crippen LogP contribution in [-0.4, -0.2) is 25.9 Å². The predicted molar refractivity (Wildman–Crippen MR) is 59.2 cm³/mol. The van der Waals surface area contributed by atoms with Gasteiger partial charge in [0.25, 0.3) is 11.5 Å². The van der Waals surface area contributed by atoms with Gasteiger partial charge in [-0.1, -0.05) is 0 Å². The molecule has 7 nitrogen and oxygen atoms in total. The number of carbonyl (C=O) groups excluding carboxylic acids is 1. The number of aromatic nitrogens is 4. The van der Waals surface area contributed by atoms with Gasteiger partial charge in [-0.15, -0.1) is 0 Å². The van der Waals surface area contributed by atoms with Crippen molar-refractivity contribution >= 4 is 5.91 Å². The number of hydrogen-bond acceptors (Lipinski definition) is 4. The Balaban J connectivity index is 2.04. The fraction of sp³-hybridized carbons (Fsp3) is 0.200. The van der Waals surface area contributed by atoms with Crippen molar-refractivity contribution in [3.05, 3.63) is 46.1 Å². The largest absolute Gasteiger partial charge is 0.345 e. The molecule has 7 heteroatoms. The zero-order valence-corrected chi connectivity index (χ0v) is 9.17. The monoisotopic (exact) mass is 233 g/mol. The molecule has 2 aromatic rings. The van der Waals surface area contributed by atoms with Gasteiger partial charge in [0.2, 0.25) is 0 Å². The Kier molecular flexibility index (Phi) is 2.99. The molecule has 0 aliphatic carbocycles. The second kappa shape index (κ2) is 4.60. The quantitative estimate of drug-likeness (QED) is 0.742. The Bertz CT molecular complexity index is 573. The summed E-state index contributed by atoms with van der Waals surface area (Å²) < 4.78 is 1.12. The molecule has 0 bridgehead atoms. The van der Waals surface area contributed by atoms with Crippen molar-refractivity contribution in [1.82, 2.24) is 25.3 Å². The average molecular weight is 233 g/mol. The van der Waals surface area contributed by atoms with Gasteiger partial charge >= 0.3 is 0 Å². The minimum Gasteiger partial charge on any atom is -0.345 e. The van der Waals surface area contributed by atoms with E-state index in [1.807, 2.05) is 0 Å². The van der Waals surface area contributed by atoms with Gasteiger partial charge in [-0.3, -0.25) is 14.7 Å². The fourth-order valence-corrected chi connectivity index (χ4v) is 1.27. The molecule has 2 N–H and O–H groups in total. The summed E-state index contributed by atoms with van der Waals surface area (Å²) in [7, 11) is 1.49. The molecule has 0 spiro atoms. The fourth-order valence-electron chi connectivity index (χ4n) is 1.27. The van der Waals surface area contributed by atoms with E-state index >= 15 is 0 Å². The van der Waals surface area contributed by atoms with Crippen molar-refractivity contribution in [2.24, 2.45) is 7.05 Å². The number of aryl methyl sites for hydroxylation is 1. The zero-order chi connectivity index (χ0) is 12.3. The summed E-state index contributed by atoms with van der Waals surface area (Å²) in [6.45, 7) is 0.337. The molecule has 1 amide bonds. The molecule has 0 unspecified atom stereocenters. The van der Waals surface area contributed by atoms with Crippen LogP contribution in [0.1, 0.15) is 16.2 Å². The lowest BCUT2D eigenvalue weighted by Crippen LogP contribution is -2.28. The van der Waals surface area contributed by atoms with Crippen LogP contribution in [0.3, 0.4) is 0 Å². The third-order valence-electron chi connectivity index (χ3n) is 2.19. The normalized spacial score (nSPS) is 10.2. The minimum atomic E-state index is -0.338. The van der Waals surface area contributed by atoms with Crippen LogP contribution in [-0.2, 0) is 13.6 Å². The topological polar surface area (TPSA) is 92.7 Å². The highest BCUT2D eigenvalue weighted by atomic mass is 16.2. The van der Waals surface area contributed by atoms with Crippen LogP contribution in [0.4, 0.5) is 0 Å². The van der Waals surface area contributed by atoms with Gasteiger partial charge < -0.3 is 5.32 Å². The lowest BCUT2D eigenvalue weighted by atomic mass is 10.3. The number of amides is 1. The number of carbonyl (C=O) groups is 1. The number of aromatic amines is 1. The van der Waals surface area contributed by atoms with E-state index < -0.39 is 0 Å². The number of H-pyrrole nitrogens is 1. The molecule has 2 aromatic heterocycles. The first kappa shape index (κ1) is 11.1. The van der Waals surface area contributed by atoms with Gasteiger partial charge in [0, 0.05) is 19.3 Å². The third kappa shape index (κ3) is 2.57. The molecule has 0 saturated heterocycles. The van der Waals surface area contributed by atoms with Crippen LogP contribution >= 0.6 is 0 Å². The molecule has 2 heterocycles. The Hall–Kier alpha value is -2.44. The summed E-state index contributed by atoms with van der Waals surface area (Å²) >= 11 is 0. The lowest BCUT2D eigenvalue weighted by molar-refractivity contribution is 0.0943. The van der Waals surface area contributed by atoms with Gasteiger partial charge in [0.05, 0.1) is 12.2 Å². The molecule has 0 saturated carbocycles. The van der Waals surface area contributed by atoms with Gasteiger partial charge in [0.1, 0.15) is 5.69 Å². The second-order valence-corrected chi connectivity index (χ2v) is 3.44. The first-order chi connectivity index (χ1) is 8.16. The SMILES string of the molecule is Cn1nc(C(=O)NCc2ccn[nH]2)ccc1=O. The van der Waals surface area contributed by atoms with E-state index in [0.29, 0.717) is 6.54 Å². The van der Waals surface area contributed by atoms with Crippen LogP contribution < -0.4 is 10.9 Å². The highest BCUT2D eigenvalue weighted by molar-refractivity contribution is 5.91. The van der Waals surface area contributed by atoms with E-state index in [1.165, 1.54) is 19.2 Å². The van der Waals surface area contributed by atoms with E-state index in [-0.39, 0.29) is 17.2 Å². The van der Waals surface area contributed by atoms with Crippen molar-refractivity contribution < 1.29 is 4.79 Å². The maximum atomic E-state index is 11.7. The molecule has 0 aliphatic heterocycles. The summed E-state index contributed by atoms with van der Waals surface area (Å²) in [5.41, 5.74) is 0.741. The van der Waals surface area contributed by atoms with Crippen molar-refractivity contribution in [1.29, 1.82) is 0 Å². The average Bonchev–Trinajstić information content (AvgIpc) is 2.82. The van der Waals surface area contributed by atoms with Gasteiger partial charge in [-0.05, 0) is 12.1 Å². The van der Waals surface area contributed by atoms with E-state index in [2.05, 4.69) is 20.6 Å². The summed E-state index contributed by atoms with van der Waals surface area (Å²) in [6.07, 6.45) is 1.60.